The Bertz CT molecular complexity index is 1400. The third-order valence-corrected chi connectivity index (χ3v) is 8.16. The first-order chi connectivity index (χ1) is 21.7. The Labute approximate surface area is 261 Å². The van der Waals surface area contributed by atoms with Gasteiger partial charge in [0.2, 0.25) is 12.3 Å². The van der Waals surface area contributed by atoms with Gasteiger partial charge in [-0.1, -0.05) is 12.7 Å². The quantitative estimate of drug-likeness (QED) is 0.273. The molecule has 3 aliphatic heterocycles. The molecule has 0 saturated carbocycles. The minimum Gasteiger partial charge on any atom is -0.442 e. The van der Waals surface area contributed by atoms with Gasteiger partial charge in [0.25, 0.3) is 0 Å². The normalized spacial score (nSPS) is 21.0. The first kappa shape index (κ1) is 32.2. The van der Waals surface area contributed by atoms with Gasteiger partial charge >= 0.3 is 6.09 Å². The van der Waals surface area contributed by atoms with Crippen molar-refractivity contribution in [2.24, 2.45) is 5.92 Å². The Morgan fingerprint density at radius 1 is 1.07 bits per heavy atom. The fourth-order valence-corrected chi connectivity index (χ4v) is 5.83. The summed E-state index contributed by atoms with van der Waals surface area (Å²) in [5.41, 5.74) is 4.50. The molecule has 0 unspecified atom stereocenters. The summed E-state index contributed by atoms with van der Waals surface area (Å²) in [5, 5.41) is 0. The molecule has 1 aliphatic carbocycles. The van der Waals surface area contributed by atoms with Gasteiger partial charge in [0.05, 0.1) is 56.6 Å². The van der Waals surface area contributed by atoms with Crippen LogP contribution in [-0.2, 0) is 23.8 Å². The predicted molar refractivity (Wildman–Crippen MR) is 162 cm³/mol. The topological polar surface area (TPSA) is 95.1 Å². The summed E-state index contributed by atoms with van der Waals surface area (Å²) in [7, 11) is 0. The van der Waals surface area contributed by atoms with Crippen LogP contribution in [0.5, 0.6) is 0 Å². The summed E-state index contributed by atoms with van der Waals surface area (Å²) in [6.45, 7) is 8.52. The second-order valence-corrected chi connectivity index (χ2v) is 11.5. The molecule has 3 heterocycles. The van der Waals surface area contributed by atoms with Crippen LogP contribution in [0.3, 0.4) is 0 Å². The molecular formula is C32H39F2N5O6. The Morgan fingerprint density at radius 3 is 2.40 bits per heavy atom. The Balaban J connectivity index is 1.17. The molecule has 242 valence electrons. The lowest BCUT2D eigenvalue weighted by molar-refractivity contribution is -0.130. The van der Waals surface area contributed by atoms with E-state index in [1.165, 1.54) is 28.9 Å². The number of carbonyl (C=O) groups excluding carboxylic acids is 3. The molecule has 0 radical (unpaired) electrons. The minimum atomic E-state index is -0.625. The zero-order valence-corrected chi connectivity index (χ0v) is 25.6. The summed E-state index contributed by atoms with van der Waals surface area (Å²) >= 11 is 0. The van der Waals surface area contributed by atoms with Crippen LogP contribution >= 0.6 is 0 Å². The zero-order chi connectivity index (χ0) is 31.9. The van der Waals surface area contributed by atoms with Crippen LogP contribution in [0.4, 0.5) is 25.0 Å². The van der Waals surface area contributed by atoms with E-state index in [1.807, 2.05) is 16.7 Å². The van der Waals surface area contributed by atoms with Crippen LogP contribution < -0.4 is 9.80 Å². The van der Waals surface area contributed by atoms with Crippen LogP contribution in [0.25, 0.3) is 0 Å². The average molecular weight is 628 g/mol. The van der Waals surface area contributed by atoms with Crippen molar-refractivity contribution in [3.05, 3.63) is 65.2 Å². The highest BCUT2D eigenvalue weighted by Crippen LogP contribution is 2.27. The Kier molecular flexibility index (Phi) is 10.5. The number of morpholine rings is 2. The van der Waals surface area contributed by atoms with Gasteiger partial charge < -0.3 is 33.8 Å². The number of anilines is 2. The molecule has 45 heavy (non-hydrogen) atoms. The van der Waals surface area contributed by atoms with E-state index in [0.29, 0.717) is 81.8 Å². The summed E-state index contributed by atoms with van der Waals surface area (Å²) in [6.07, 6.45) is 3.88. The standard InChI is InChI=1S/C32H39F2N5O6/c1-23(19-38(22-40)26-5-8-31(29(34)17-26)36-11-15-44-16-12-36)18-37(24(2)41)20-27-21-39(32(42)45-27)25-3-6-28(33)30(7-4-25)35-9-13-43-14-10-35/h4-8,17,22-23,27H,9-16,18-21H2,1-2H3/t23-,27-/m0/s1. The molecule has 0 bridgehead atoms. The maximum atomic E-state index is 15.0. The van der Waals surface area contributed by atoms with Crippen molar-refractivity contribution in [1.29, 1.82) is 0 Å². The maximum absolute atomic E-state index is 15.0. The van der Waals surface area contributed by atoms with E-state index in [1.54, 1.807) is 29.2 Å². The molecule has 1 aromatic rings. The number of cyclic esters (lactones) is 1. The second kappa shape index (κ2) is 14.7. The van der Waals surface area contributed by atoms with Gasteiger partial charge in [0, 0.05) is 58.0 Å². The summed E-state index contributed by atoms with van der Waals surface area (Å²) in [4.78, 5) is 45.5. The predicted octanol–water partition coefficient (Wildman–Crippen LogP) is 3.05. The van der Waals surface area contributed by atoms with Crippen molar-refractivity contribution in [3.63, 3.8) is 0 Å². The molecule has 3 fully saturated rings. The number of nitrogens with zero attached hydrogens (tertiary/aromatic N) is 5. The molecule has 3 amide bonds. The number of hydrogen-bond donors (Lipinski definition) is 0. The second-order valence-electron chi connectivity index (χ2n) is 11.5. The molecule has 3 saturated heterocycles. The summed E-state index contributed by atoms with van der Waals surface area (Å²) < 4.78 is 46.1. The number of halogens is 2. The molecule has 11 nitrogen and oxygen atoms in total. The first-order valence-corrected chi connectivity index (χ1v) is 15.2. The minimum absolute atomic E-state index is 0.137. The molecule has 13 heteroatoms. The number of ether oxygens (including phenoxy) is 3. The van der Waals surface area contributed by atoms with Crippen molar-refractivity contribution >= 4 is 29.8 Å². The Morgan fingerprint density at radius 2 is 1.76 bits per heavy atom. The van der Waals surface area contributed by atoms with Crippen molar-refractivity contribution < 1.29 is 37.4 Å². The number of rotatable bonds is 11. The number of hydrogen-bond acceptors (Lipinski definition) is 8. The smallest absolute Gasteiger partial charge is 0.415 e. The lowest BCUT2D eigenvalue weighted by Crippen LogP contribution is -2.42. The zero-order valence-electron chi connectivity index (χ0n) is 25.6. The lowest BCUT2D eigenvalue weighted by atomic mass is 10.1. The largest absolute Gasteiger partial charge is 0.442 e. The average Bonchev–Trinajstić information content (AvgIpc) is 3.29. The molecule has 5 rings (SSSR count). The molecule has 4 aliphatic rings. The first-order valence-electron chi connectivity index (χ1n) is 15.2. The van der Waals surface area contributed by atoms with Crippen LogP contribution in [0, 0.1) is 11.7 Å². The fraction of sp³-hybridized carbons (Fsp3) is 0.500. The van der Waals surface area contributed by atoms with E-state index in [2.05, 4.69) is 5.73 Å². The van der Waals surface area contributed by atoms with Gasteiger partial charge in [-0.15, -0.1) is 0 Å². The molecule has 0 spiro atoms. The van der Waals surface area contributed by atoms with Crippen LogP contribution in [-0.4, -0.2) is 118 Å². The monoisotopic (exact) mass is 627 g/mol. The van der Waals surface area contributed by atoms with Gasteiger partial charge in [0.1, 0.15) is 11.9 Å². The van der Waals surface area contributed by atoms with Gasteiger partial charge in [-0.25, -0.2) is 13.6 Å². The number of carbonyl (C=O) groups is 3. The van der Waals surface area contributed by atoms with Crippen molar-refractivity contribution in [2.75, 3.05) is 88.6 Å². The van der Waals surface area contributed by atoms with Crippen LogP contribution in [0.2, 0.25) is 0 Å². The summed E-state index contributed by atoms with van der Waals surface area (Å²) in [5.74, 6) is -1.28. The van der Waals surface area contributed by atoms with E-state index in [4.69, 9.17) is 14.2 Å². The molecular weight excluding hydrogens is 588 g/mol. The molecule has 1 aromatic carbocycles. The lowest BCUT2D eigenvalue weighted by Gasteiger charge is -2.30. The van der Waals surface area contributed by atoms with E-state index in [-0.39, 0.29) is 38.0 Å². The van der Waals surface area contributed by atoms with Crippen molar-refractivity contribution in [1.82, 2.24) is 14.7 Å². The SMILES string of the molecule is CC(=O)N(C[C@H](C)CN(C=O)c1ccc(N2CCOCC2)c(F)c1)C[C@H]1CN(C2=C=CC(F)=C(N3CCOCC3)C=C2)C(=O)O1. The van der Waals surface area contributed by atoms with E-state index in [9.17, 15) is 23.2 Å². The van der Waals surface area contributed by atoms with E-state index < -0.39 is 23.8 Å². The van der Waals surface area contributed by atoms with Gasteiger partial charge in [0.15, 0.2) is 5.83 Å². The summed E-state index contributed by atoms with van der Waals surface area (Å²) in [6, 6.07) is 4.72. The van der Waals surface area contributed by atoms with Crippen molar-refractivity contribution in [2.45, 2.75) is 20.0 Å². The van der Waals surface area contributed by atoms with Gasteiger partial charge in [-0.3, -0.25) is 14.5 Å². The number of amides is 3. The number of allylic oxidation sites excluding steroid dienone is 3. The Hall–Kier alpha value is -4.19. The highest BCUT2D eigenvalue weighted by Gasteiger charge is 2.35. The highest BCUT2D eigenvalue weighted by atomic mass is 19.1. The number of benzene rings is 1. The third kappa shape index (κ3) is 7.91. The van der Waals surface area contributed by atoms with Crippen LogP contribution in [0.1, 0.15) is 13.8 Å². The third-order valence-electron chi connectivity index (χ3n) is 8.16. The van der Waals surface area contributed by atoms with E-state index in [0.717, 1.165) is 0 Å². The fourth-order valence-electron chi connectivity index (χ4n) is 5.83. The highest BCUT2D eigenvalue weighted by molar-refractivity contribution is 5.77. The maximum Gasteiger partial charge on any atom is 0.415 e. The van der Waals surface area contributed by atoms with E-state index >= 15 is 0 Å². The van der Waals surface area contributed by atoms with Gasteiger partial charge in [-0.05, 0) is 36.3 Å². The van der Waals surface area contributed by atoms with Crippen molar-refractivity contribution in [3.8, 4) is 0 Å². The molecule has 0 N–H and O–H groups in total. The molecule has 2 atom stereocenters. The molecule has 0 aromatic heterocycles. The van der Waals surface area contributed by atoms with Crippen LogP contribution in [0.15, 0.2) is 59.4 Å². The van der Waals surface area contributed by atoms with Gasteiger partial charge in [-0.2, -0.15) is 0 Å².